The molecule has 11 heavy (non-hydrogen) atoms. The van der Waals surface area contributed by atoms with E-state index in [1.165, 1.54) is 0 Å². The van der Waals surface area contributed by atoms with Gasteiger partial charge in [0.2, 0.25) is 0 Å². The predicted octanol–water partition coefficient (Wildman–Crippen LogP) is 3.08. The van der Waals surface area contributed by atoms with Crippen LogP contribution in [0.5, 0.6) is 0 Å². The minimum atomic E-state index is 1.12. The molecule has 0 fully saturated rings. The van der Waals surface area contributed by atoms with Gasteiger partial charge in [-0.2, -0.15) is 0 Å². The lowest BCUT2D eigenvalue weighted by Crippen LogP contribution is -1.68. The molecule has 0 radical (unpaired) electrons. The quantitative estimate of drug-likeness (QED) is 0.599. The van der Waals surface area contributed by atoms with Gasteiger partial charge in [0.05, 0.1) is 12.5 Å². The summed E-state index contributed by atoms with van der Waals surface area (Å²) >= 11 is 0. The Morgan fingerprint density at radius 2 is 2.00 bits per heavy atom. The molecule has 54 valence electrons. The fourth-order valence-electron chi connectivity index (χ4n) is 1.11. The van der Waals surface area contributed by atoms with Crippen molar-refractivity contribution >= 4 is 16.8 Å². The molecule has 1 heteroatoms. The van der Waals surface area contributed by atoms with E-state index in [0.29, 0.717) is 0 Å². The zero-order chi connectivity index (χ0) is 7.68. The molecule has 0 amide bonds. The summed E-state index contributed by atoms with van der Waals surface area (Å²) in [6.45, 7) is 3.69. The average Bonchev–Trinajstić information content (AvgIpc) is 2.50. The number of rotatable bonds is 1. The summed E-state index contributed by atoms with van der Waals surface area (Å²) in [6, 6.07) is 6.09. The van der Waals surface area contributed by atoms with Gasteiger partial charge in [-0.15, -0.1) is 0 Å². The van der Waals surface area contributed by atoms with E-state index in [-0.39, 0.29) is 0 Å². The zero-order valence-corrected chi connectivity index (χ0v) is 6.08. The van der Waals surface area contributed by atoms with E-state index in [2.05, 4.69) is 6.58 Å². The van der Waals surface area contributed by atoms with E-state index in [4.69, 9.17) is 4.42 Å². The SMILES string of the molecule is C=Cc1ccc2cocc2c1. The topological polar surface area (TPSA) is 13.1 Å². The summed E-state index contributed by atoms with van der Waals surface area (Å²) in [7, 11) is 0. The molecule has 0 saturated carbocycles. The van der Waals surface area contributed by atoms with Crippen LogP contribution < -0.4 is 0 Å². The van der Waals surface area contributed by atoms with Crippen LogP contribution in [0, 0.1) is 0 Å². The van der Waals surface area contributed by atoms with Gasteiger partial charge in [0.15, 0.2) is 0 Å². The van der Waals surface area contributed by atoms with Gasteiger partial charge >= 0.3 is 0 Å². The highest BCUT2D eigenvalue weighted by Gasteiger charge is 1.94. The highest BCUT2D eigenvalue weighted by molar-refractivity contribution is 5.83. The minimum absolute atomic E-state index is 1.12. The molecule has 0 aliphatic rings. The van der Waals surface area contributed by atoms with Crippen LogP contribution in [-0.4, -0.2) is 0 Å². The van der Waals surface area contributed by atoms with Gasteiger partial charge in [-0.1, -0.05) is 24.8 Å². The van der Waals surface area contributed by atoms with Crippen molar-refractivity contribution in [2.75, 3.05) is 0 Å². The number of hydrogen-bond donors (Lipinski definition) is 0. The number of furan rings is 1. The number of benzene rings is 1. The second kappa shape index (κ2) is 2.27. The molecular weight excluding hydrogens is 136 g/mol. The Hall–Kier alpha value is -1.50. The van der Waals surface area contributed by atoms with E-state index in [1.54, 1.807) is 12.5 Å². The van der Waals surface area contributed by atoms with Crippen molar-refractivity contribution in [3.63, 3.8) is 0 Å². The molecule has 0 spiro atoms. The summed E-state index contributed by atoms with van der Waals surface area (Å²) in [5.41, 5.74) is 1.12. The van der Waals surface area contributed by atoms with Crippen LogP contribution in [-0.2, 0) is 0 Å². The lowest BCUT2D eigenvalue weighted by Gasteiger charge is -1.90. The smallest absolute Gasteiger partial charge is 0.0981 e. The summed E-state index contributed by atoms with van der Waals surface area (Å²) in [4.78, 5) is 0. The fraction of sp³-hybridized carbons (Fsp3) is 0. The molecule has 0 N–H and O–H groups in total. The van der Waals surface area contributed by atoms with Crippen molar-refractivity contribution in [2.24, 2.45) is 0 Å². The lowest BCUT2D eigenvalue weighted by molar-refractivity contribution is 0.572. The molecule has 1 aromatic carbocycles. The van der Waals surface area contributed by atoms with Gasteiger partial charge in [-0.25, -0.2) is 0 Å². The van der Waals surface area contributed by atoms with Crippen LogP contribution in [0.1, 0.15) is 5.56 Å². The van der Waals surface area contributed by atoms with Gasteiger partial charge < -0.3 is 4.42 Å². The Kier molecular flexibility index (Phi) is 1.29. The molecule has 0 bridgehead atoms. The maximum Gasteiger partial charge on any atom is 0.0981 e. The third-order valence-corrected chi connectivity index (χ3v) is 1.74. The Labute approximate surface area is 64.9 Å². The van der Waals surface area contributed by atoms with E-state index < -0.39 is 0 Å². The Morgan fingerprint density at radius 3 is 2.82 bits per heavy atom. The first-order chi connectivity index (χ1) is 5.40. The molecular formula is C10H8O. The van der Waals surface area contributed by atoms with Gasteiger partial charge in [0, 0.05) is 10.8 Å². The maximum absolute atomic E-state index is 5.03. The number of fused-ring (bicyclic) bond motifs is 1. The van der Waals surface area contributed by atoms with Crippen molar-refractivity contribution in [3.8, 4) is 0 Å². The van der Waals surface area contributed by atoms with Crippen molar-refractivity contribution in [1.82, 2.24) is 0 Å². The summed E-state index contributed by atoms with van der Waals surface area (Å²) in [5, 5.41) is 2.26. The second-order valence-corrected chi connectivity index (χ2v) is 2.46. The van der Waals surface area contributed by atoms with Crippen LogP contribution in [0.15, 0.2) is 41.7 Å². The van der Waals surface area contributed by atoms with Crippen molar-refractivity contribution in [2.45, 2.75) is 0 Å². The molecule has 2 rings (SSSR count). The van der Waals surface area contributed by atoms with Crippen LogP contribution in [0.3, 0.4) is 0 Å². The van der Waals surface area contributed by atoms with Gasteiger partial charge in [-0.3, -0.25) is 0 Å². The molecule has 0 unspecified atom stereocenters. The lowest BCUT2D eigenvalue weighted by atomic mass is 10.1. The summed E-state index contributed by atoms with van der Waals surface area (Å²) in [5.74, 6) is 0. The maximum atomic E-state index is 5.03. The van der Waals surface area contributed by atoms with Gasteiger partial charge in [0.25, 0.3) is 0 Å². The monoisotopic (exact) mass is 144 g/mol. The molecule has 0 saturated heterocycles. The van der Waals surface area contributed by atoms with E-state index in [1.807, 2.05) is 24.3 Å². The normalized spacial score (nSPS) is 10.2. The fourth-order valence-corrected chi connectivity index (χ4v) is 1.11. The molecule has 1 nitrogen and oxygen atoms in total. The van der Waals surface area contributed by atoms with E-state index in [9.17, 15) is 0 Å². The van der Waals surface area contributed by atoms with Crippen LogP contribution in [0.25, 0.3) is 16.8 Å². The Morgan fingerprint density at radius 1 is 1.18 bits per heavy atom. The largest absolute Gasteiger partial charge is 0.471 e. The van der Waals surface area contributed by atoms with Crippen molar-refractivity contribution < 1.29 is 4.42 Å². The van der Waals surface area contributed by atoms with E-state index in [0.717, 1.165) is 16.3 Å². The molecule has 0 atom stereocenters. The summed E-state index contributed by atoms with van der Waals surface area (Å²) < 4.78 is 5.03. The zero-order valence-electron chi connectivity index (χ0n) is 6.08. The second-order valence-electron chi connectivity index (χ2n) is 2.46. The van der Waals surface area contributed by atoms with Crippen LogP contribution >= 0.6 is 0 Å². The van der Waals surface area contributed by atoms with Crippen LogP contribution in [0.2, 0.25) is 0 Å². The third-order valence-electron chi connectivity index (χ3n) is 1.74. The summed E-state index contributed by atoms with van der Waals surface area (Å²) in [6.07, 6.45) is 5.30. The Bertz CT molecular complexity index is 384. The van der Waals surface area contributed by atoms with Crippen LogP contribution in [0.4, 0.5) is 0 Å². The first-order valence-corrected chi connectivity index (χ1v) is 3.48. The van der Waals surface area contributed by atoms with Gasteiger partial charge in [-0.05, 0) is 11.6 Å². The third kappa shape index (κ3) is 0.944. The molecule has 1 heterocycles. The number of hydrogen-bond acceptors (Lipinski definition) is 1. The Balaban J connectivity index is 2.76. The predicted molar refractivity (Wildman–Crippen MR) is 46.3 cm³/mol. The highest BCUT2D eigenvalue weighted by Crippen LogP contribution is 2.17. The van der Waals surface area contributed by atoms with Gasteiger partial charge in [0.1, 0.15) is 0 Å². The molecule has 0 aliphatic heterocycles. The highest BCUT2D eigenvalue weighted by atomic mass is 16.3. The average molecular weight is 144 g/mol. The molecule has 0 aliphatic carbocycles. The first-order valence-electron chi connectivity index (χ1n) is 3.48. The van der Waals surface area contributed by atoms with Crippen molar-refractivity contribution in [3.05, 3.63) is 42.9 Å². The standard InChI is InChI=1S/C10H8O/c1-2-8-3-4-9-6-11-7-10(9)5-8/h2-7H,1H2. The molecule has 2 aromatic rings. The minimum Gasteiger partial charge on any atom is -0.471 e. The van der Waals surface area contributed by atoms with Crippen molar-refractivity contribution in [1.29, 1.82) is 0 Å². The first kappa shape index (κ1) is 6.23. The van der Waals surface area contributed by atoms with E-state index >= 15 is 0 Å². The molecule has 1 aromatic heterocycles.